The van der Waals surface area contributed by atoms with Crippen LogP contribution in [0.5, 0.6) is 0 Å². The van der Waals surface area contributed by atoms with Gasteiger partial charge < -0.3 is 19.9 Å². The van der Waals surface area contributed by atoms with E-state index in [2.05, 4.69) is 5.32 Å². The molecule has 1 rings (SSSR count). The van der Waals surface area contributed by atoms with Crippen LogP contribution in [0.2, 0.25) is 0 Å². The van der Waals surface area contributed by atoms with E-state index in [1.54, 1.807) is 32.9 Å². The van der Waals surface area contributed by atoms with E-state index in [0.717, 1.165) is 5.56 Å². The SMILES string of the molecule is COC(=O)[C@](CO)(Cc1ccccc1)NC(=O)OC(C)(C)C. The van der Waals surface area contributed by atoms with Crippen molar-refractivity contribution in [1.29, 1.82) is 0 Å². The molecule has 0 aliphatic rings. The highest BCUT2D eigenvalue weighted by molar-refractivity contribution is 5.86. The van der Waals surface area contributed by atoms with Gasteiger partial charge in [-0.15, -0.1) is 0 Å². The zero-order chi connectivity index (χ0) is 16.8. The van der Waals surface area contributed by atoms with Crippen LogP contribution < -0.4 is 5.32 Å². The Morgan fingerprint density at radius 1 is 1.18 bits per heavy atom. The fourth-order valence-electron chi connectivity index (χ4n) is 1.97. The molecular weight excluding hydrogens is 286 g/mol. The number of esters is 1. The molecule has 6 nitrogen and oxygen atoms in total. The molecule has 0 radical (unpaired) electrons. The molecular formula is C16H23NO5. The number of amides is 1. The van der Waals surface area contributed by atoms with Gasteiger partial charge >= 0.3 is 12.1 Å². The number of aliphatic hydroxyl groups excluding tert-OH is 1. The lowest BCUT2D eigenvalue weighted by Gasteiger charge is -2.31. The fraction of sp³-hybridized carbons (Fsp3) is 0.500. The molecule has 0 unspecified atom stereocenters. The molecule has 1 amide bonds. The van der Waals surface area contributed by atoms with Crippen LogP contribution in [0.4, 0.5) is 4.79 Å². The Labute approximate surface area is 130 Å². The molecule has 2 N–H and O–H groups in total. The minimum atomic E-state index is -1.58. The van der Waals surface area contributed by atoms with Crippen molar-refractivity contribution in [2.24, 2.45) is 0 Å². The second-order valence-electron chi connectivity index (χ2n) is 6.02. The molecule has 0 fully saturated rings. The second-order valence-corrected chi connectivity index (χ2v) is 6.02. The Hall–Kier alpha value is -2.08. The lowest BCUT2D eigenvalue weighted by atomic mass is 9.91. The molecule has 0 bridgehead atoms. The first-order valence-corrected chi connectivity index (χ1v) is 6.97. The number of hydrogen-bond donors (Lipinski definition) is 2. The first-order chi connectivity index (χ1) is 10.2. The van der Waals surface area contributed by atoms with E-state index in [4.69, 9.17) is 9.47 Å². The molecule has 122 valence electrons. The summed E-state index contributed by atoms with van der Waals surface area (Å²) in [5.74, 6) is -0.732. The smallest absolute Gasteiger partial charge is 0.408 e. The summed E-state index contributed by atoms with van der Waals surface area (Å²) >= 11 is 0. The normalized spacial score (nSPS) is 13.9. The van der Waals surface area contributed by atoms with Gasteiger partial charge in [-0.2, -0.15) is 0 Å². The summed E-state index contributed by atoms with van der Waals surface area (Å²) in [6.45, 7) is 4.53. The van der Waals surface area contributed by atoms with Gasteiger partial charge in [-0.3, -0.25) is 0 Å². The molecule has 0 saturated heterocycles. The summed E-state index contributed by atoms with van der Waals surface area (Å²) in [6.07, 6.45) is -0.695. The van der Waals surface area contributed by atoms with Gasteiger partial charge in [0.05, 0.1) is 13.7 Å². The highest BCUT2D eigenvalue weighted by Crippen LogP contribution is 2.17. The van der Waals surface area contributed by atoms with Crippen LogP contribution >= 0.6 is 0 Å². The van der Waals surface area contributed by atoms with E-state index in [9.17, 15) is 14.7 Å². The van der Waals surface area contributed by atoms with Gasteiger partial charge in [-0.1, -0.05) is 30.3 Å². The number of hydrogen-bond acceptors (Lipinski definition) is 5. The number of carbonyl (C=O) groups excluding carboxylic acids is 2. The maximum atomic E-state index is 12.1. The number of methoxy groups -OCH3 is 1. The molecule has 0 aromatic heterocycles. The van der Waals surface area contributed by atoms with E-state index in [1.165, 1.54) is 7.11 Å². The lowest BCUT2D eigenvalue weighted by molar-refractivity contribution is -0.150. The Kier molecular flexibility index (Phi) is 5.93. The van der Waals surface area contributed by atoms with Crippen LogP contribution in [-0.4, -0.2) is 42.0 Å². The van der Waals surface area contributed by atoms with E-state index in [0.29, 0.717) is 0 Å². The zero-order valence-electron chi connectivity index (χ0n) is 13.4. The van der Waals surface area contributed by atoms with Crippen molar-refractivity contribution in [3.63, 3.8) is 0 Å². The number of aliphatic hydroxyl groups is 1. The van der Waals surface area contributed by atoms with Crippen LogP contribution in [0.15, 0.2) is 30.3 Å². The van der Waals surface area contributed by atoms with Crippen molar-refractivity contribution >= 4 is 12.1 Å². The lowest BCUT2D eigenvalue weighted by Crippen LogP contribution is -2.60. The minimum Gasteiger partial charge on any atom is -0.467 e. The number of benzene rings is 1. The first-order valence-electron chi connectivity index (χ1n) is 6.97. The van der Waals surface area contributed by atoms with Gasteiger partial charge in [0.1, 0.15) is 5.60 Å². The Balaban J connectivity index is 3.01. The Morgan fingerprint density at radius 2 is 1.77 bits per heavy atom. The Bertz CT molecular complexity index is 509. The minimum absolute atomic E-state index is 0.0935. The summed E-state index contributed by atoms with van der Waals surface area (Å²) in [7, 11) is 1.20. The third-order valence-corrected chi connectivity index (χ3v) is 2.93. The third kappa shape index (κ3) is 5.04. The Morgan fingerprint density at radius 3 is 2.23 bits per heavy atom. The van der Waals surface area contributed by atoms with Crippen molar-refractivity contribution in [2.75, 3.05) is 13.7 Å². The molecule has 0 heterocycles. The van der Waals surface area contributed by atoms with Crippen LogP contribution in [-0.2, 0) is 20.7 Å². The monoisotopic (exact) mass is 309 g/mol. The van der Waals surface area contributed by atoms with E-state index < -0.39 is 29.8 Å². The summed E-state index contributed by atoms with van der Waals surface area (Å²) in [5, 5.41) is 12.2. The molecule has 1 atom stereocenters. The number of rotatable bonds is 5. The molecule has 6 heteroatoms. The summed E-state index contributed by atoms with van der Waals surface area (Å²) < 4.78 is 9.90. The standard InChI is InChI=1S/C16H23NO5/c1-15(2,3)22-14(20)17-16(11-18,13(19)21-4)10-12-8-6-5-7-9-12/h5-9,18H,10-11H2,1-4H3,(H,17,20)/t16-/m1/s1. The van der Waals surface area contributed by atoms with Gasteiger partial charge in [-0.05, 0) is 26.3 Å². The number of alkyl carbamates (subject to hydrolysis) is 1. The van der Waals surface area contributed by atoms with Crippen LogP contribution in [0, 0.1) is 0 Å². The topological polar surface area (TPSA) is 84.9 Å². The summed E-state index contributed by atoms with van der Waals surface area (Å²) in [5.41, 5.74) is -1.52. The van der Waals surface area contributed by atoms with Gasteiger partial charge in [0.15, 0.2) is 5.54 Å². The molecule has 0 spiro atoms. The molecule has 1 aromatic carbocycles. The van der Waals surface area contributed by atoms with E-state index in [-0.39, 0.29) is 6.42 Å². The van der Waals surface area contributed by atoms with E-state index >= 15 is 0 Å². The molecule has 0 aliphatic heterocycles. The zero-order valence-corrected chi connectivity index (χ0v) is 13.4. The highest BCUT2D eigenvalue weighted by Gasteiger charge is 2.42. The average Bonchev–Trinajstić information content (AvgIpc) is 2.44. The van der Waals surface area contributed by atoms with Crippen LogP contribution in [0.3, 0.4) is 0 Å². The van der Waals surface area contributed by atoms with Crippen LogP contribution in [0.1, 0.15) is 26.3 Å². The molecule has 0 aliphatic carbocycles. The molecule has 22 heavy (non-hydrogen) atoms. The maximum absolute atomic E-state index is 12.1. The summed E-state index contributed by atoms with van der Waals surface area (Å²) in [6, 6.07) is 9.04. The van der Waals surface area contributed by atoms with Crippen molar-refractivity contribution < 1.29 is 24.2 Å². The van der Waals surface area contributed by atoms with Gasteiger partial charge in [0.25, 0.3) is 0 Å². The molecule has 0 saturated carbocycles. The van der Waals surface area contributed by atoms with Crippen molar-refractivity contribution in [1.82, 2.24) is 5.32 Å². The summed E-state index contributed by atoms with van der Waals surface area (Å²) in [4.78, 5) is 24.1. The van der Waals surface area contributed by atoms with Gasteiger partial charge in [0, 0.05) is 6.42 Å². The average molecular weight is 309 g/mol. The van der Waals surface area contributed by atoms with Crippen molar-refractivity contribution in [2.45, 2.75) is 38.3 Å². The third-order valence-electron chi connectivity index (χ3n) is 2.93. The van der Waals surface area contributed by atoms with Crippen molar-refractivity contribution in [3.05, 3.63) is 35.9 Å². The quantitative estimate of drug-likeness (QED) is 0.808. The largest absolute Gasteiger partial charge is 0.467 e. The van der Waals surface area contributed by atoms with Crippen molar-refractivity contribution in [3.8, 4) is 0 Å². The first kappa shape index (κ1) is 18.0. The number of nitrogens with one attached hydrogen (secondary N) is 1. The highest BCUT2D eigenvalue weighted by atomic mass is 16.6. The predicted molar refractivity (Wildman–Crippen MR) is 81.3 cm³/mol. The molecule has 1 aromatic rings. The fourth-order valence-corrected chi connectivity index (χ4v) is 1.97. The van der Waals surface area contributed by atoms with Gasteiger partial charge in [0.2, 0.25) is 0 Å². The van der Waals surface area contributed by atoms with Crippen LogP contribution in [0.25, 0.3) is 0 Å². The predicted octanol–water partition coefficient (Wildman–Crippen LogP) is 1.66. The number of ether oxygens (including phenoxy) is 2. The second kappa shape index (κ2) is 7.26. The van der Waals surface area contributed by atoms with Gasteiger partial charge in [-0.25, -0.2) is 9.59 Å². The number of carbonyl (C=O) groups is 2. The maximum Gasteiger partial charge on any atom is 0.408 e. The van der Waals surface area contributed by atoms with E-state index in [1.807, 2.05) is 18.2 Å².